The fraction of sp³-hybridized carbons (Fsp3) is 0.857. The number of carbonyl (C=O) groups excluding carboxylic acids is 1. The van der Waals surface area contributed by atoms with E-state index in [1.807, 2.05) is 20.8 Å². The number of rotatable bonds is 2. The molecule has 0 atom stereocenters. The van der Waals surface area contributed by atoms with Crippen LogP contribution < -0.4 is 5.32 Å². The number of carbonyl (C=O) groups is 1. The van der Waals surface area contributed by atoms with Crippen molar-refractivity contribution in [3.05, 3.63) is 0 Å². The van der Waals surface area contributed by atoms with E-state index < -0.39 is 0 Å². The summed E-state index contributed by atoms with van der Waals surface area (Å²) in [6.07, 6.45) is -0.383. The van der Waals surface area contributed by atoms with Gasteiger partial charge in [-0.05, 0) is 20.8 Å². The third-order valence-electron chi connectivity index (χ3n) is 0.802. The molecule has 0 saturated carbocycles. The molecule has 0 radical (unpaired) electrons. The van der Waals surface area contributed by atoms with Crippen LogP contribution in [0.15, 0.2) is 0 Å². The van der Waals surface area contributed by atoms with E-state index in [1.54, 1.807) is 0 Å². The van der Waals surface area contributed by atoms with Crippen LogP contribution in [0.4, 0.5) is 4.79 Å². The van der Waals surface area contributed by atoms with E-state index >= 15 is 0 Å². The van der Waals surface area contributed by atoms with E-state index in [1.165, 1.54) is 0 Å². The quantitative estimate of drug-likeness (QED) is 0.626. The zero-order valence-corrected chi connectivity index (χ0v) is 8.07. The molecule has 0 unspecified atom stereocenters. The maximum absolute atomic E-state index is 10.9. The molecule has 0 bridgehead atoms. The Kier molecular flexibility index (Phi) is 4.33. The second kappa shape index (κ2) is 4.49. The maximum atomic E-state index is 10.9. The van der Waals surface area contributed by atoms with E-state index in [4.69, 9.17) is 4.74 Å². The molecule has 0 aromatic rings. The number of hydrogen-bond donors (Lipinski definition) is 2. The van der Waals surface area contributed by atoms with Gasteiger partial charge >= 0.3 is 6.09 Å². The summed E-state index contributed by atoms with van der Waals surface area (Å²) in [5.41, 5.74) is -0.228. The predicted octanol–water partition coefficient (Wildman–Crippen LogP) is 1.44. The molecule has 1 amide bonds. The second-order valence-electron chi connectivity index (χ2n) is 3.23. The van der Waals surface area contributed by atoms with Gasteiger partial charge in [0.15, 0.2) is 0 Å². The fourth-order valence-corrected chi connectivity index (χ4v) is 0.572. The lowest BCUT2D eigenvalue weighted by atomic mass is 10.1. The Bertz CT molecular complexity index is 131. The van der Waals surface area contributed by atoms with Gasteiger partial charge in [0, 0.05) is 11.3 Å². The first-order valence-electron chi connectivity index (χ1n) is 3.51. The molecule has 0 rings (SSSR count). The molecule has 66 valence electrons. The van der Waals surface area contributed by atoms with Crippen LogP contribution in [0.25, 0.3) is 0 Å². The highest BCUT2D eigenvalue weighted by Crippen LogP contribution is 1.98. The van der Waals surface area contributed by atoms with Gasteiger partial charge in [-0.15, -0.1) is 0 Å². The van der Waals surface area contributed by atoms with Crippen LogP contribution in [0.3, 0.4) is 0 Å². The zero-order chi connectivity index (χ0) is 8.91. The average Bonchev–Trinajstić information content (AvgIpc) is 1.79. The lowest BCUT2D eigenvalue weighted by molar-refractivity contribution is 0.144. The van der Waals surface area contributed by atoms with E-state index in [-0.39, 0.29) is 11.6 Å². The second-order valence-corrected chi connectivity index (χ2v) is 3.68. The topological polar surface area (TPSA) is 38.3 Å². The summed E-state index contributed by atoms with van der Waals surface area (Å²) < 4.78 is 4.74. The average molecular weight is 177 g/mol. The third-order valence-corrected chi connectivity index (χ3v) is 0.984. The van der Waals surface area contributed by atoms with Gasteiger partial charge in [0.1, 0.15) is 6.61 Å². The number of thiol groups is 1. The molecular weight excluding hydrogens is 162 g/mol. The van der Waals surface area contributed by atoms with Crippen LogP contribution >= 0.6 is 12.6 Å². The largest absolute Gasteiger partial charge is 0.449 e. The number of hydrogen-bond acceptors (Lipinski definition) is 3. The molecule has 0 aliphatic heterocycles. The van der Waals surface area contributed by atoms with Crippen molar-refractivity contribution in [2.45, 2.75) is 26.3 Å². The Morgan fingerprint density at radius 1 is 1.55 bits per heavy atom. The minimum absolute atomic E-state index is 0.228. The molecular formula is C7H15NO2S. The molecule has 0 aromatic carbocycles. The van der Waals surface area contributed by atoms with Crippen LogP contribution in [-0.2, 0) is 4.74 Å². The van der Waals surface area contributed by atoms with E-state index in [9.17, 15) is 4.79 Å². The SMILES string of the molecule is CC(C)(C)NC(=O)OCCS. The van der Waals surface area contributed by atoms with Gasteiger partial charge in [0.25, 0.3) is 0 Å². The minimum atomic E-state index is -0.383. The van der Waals surface area contributed by atoms with Gasteiger partial charge < -0.3 is 10.1 Å². The summed E-state index contributed by atoms with van der Waals surface area (Å²) in [5.74, 6) is 0.553. The lowest BCUT2D eigenvalue weighted by Crippen LogP contribution is -2.41. The van der Waals surface area contributed by atoms with Crippen molar-refractivity contribution in [3.8, 4) is 0 Å². The van der Waals surface area contributed by atoms with Gasteiger partial charge in [-0.1, -0.05) is 0 Å². The summed E-state index contributed by atoms with van der Waals surface area (Å²) in [5, 5.41) is 2.66. The normalized spacial score (nSPS) is 10.9. The molecule has 0 aliphatic carbocycles. The van der Waals surface area contributed by atoms with Crippen molar-refractivity contribution >= 4 is 18.7 Å². The molecule has 0 aromatic heterocycles. The number of nitrogens with one attached hydrogen (secondary N) is 1. The molecule has 0 aliphatic rings. The standard InChI is InChI=1S/C7H15NO2S/c1-7(2,3)8-6(9)10-4-5-11/h11H,4-5H2,1-3H3,(H,8,9). The highest BCUT2D eigenvalue weighted by atomic mass is 32.1. The molecule has 0 spiro atoms. The van der Waals surface area contributed by atoms with Crippen molar-refractivity contribution in [2.75, 3.05) is 12.4 Å². The van der Waals surface area contributed by atoms with Crippen molar-refractivity contribution in [1.29, 1.82) is 0 Å². The van der Waals surface area contributed by atoms with Crippen molar-refractivity contribution < 1.29 is 9.53 Å². The van der Waals surface area contributed by atoms with Crippen LogP contribution in [0.1, 0.15) is 20.8 Å². The lowest BCUT2D eigenvalue weighted by Gasteiger charge is -2.19. The fourth-order valence-electron chi connectivity index (χ4n) is 0.481. The first kappa shape index (κ1) is 10.6. The molecule has 11 heavy (non-hydrogen) atoms. The third kappa shape index (κ3) is 7.52. The first-order valence-corrected chi connectivity index (χ1v) is 4.15. The van der Waals surface area contributed by atoms with E-state index in [0.29, 0.717) is 12.4 Å². The summed E-state index contributed by atoms with van der Waals surface area (Å²) in [7, 11) is 0. The van der Waals surface area contributed by atoms with Crippen LogP contribution in [0.5, 0.6) is 0 Å². The van der Waals surface area contributed by atoms with Crippen molar-refractivity contribution in [1.82, 2.24) is 5.32 Å². The monoisotopic (exact) mass is 177 g/mol. The Balaban J connectivity index is 3.53. The molecule has 0 heterocycles. The number of alkyl carbamates (subject to hydrolysis) is 1. The predicted molar refractivity (Wildman–Crippen MR) is 48.1 cm³/mol. The molecule has 1 N–H and O–H groups in total. The summed E-state index contributed by atoms with van der Waals surface area (Å²) >= 11 is 3.90. The number of ether oxygens (including phenoxy) is 1. The zero-order valence-electron chi connectivity index (χ0n) is 7.18. The van der Waals surface area contributed by atoms with E-state index in [2.05, 4.69) is 17.9 Å². The smallest absolute Gasteiger partial charge is 0.407 e. The van der Waals surface area contributed by atoms with Crippen LogP contribution in [-0.4, -0.2) is 24.0 Å². The molecule has 0 saturated heterocycles. The number of amides is 1. The Labute approximate surface area is 72.9 Å². The Hall–Kier alpha value is -0.380. The van der Waals surface area contributed by atoms with Crippen LogP contribution in [0.2, 0.25) is 0 Å². The van der Waals surface area contributed by atoms with Crippen molar-refractivity contribution in [2.24, 2.45) is 0 Å². The highest BCUT2D eigenvalue weighted by Gasteiger charge is 2.13. The first-order chi connectivity index (χ1) is 4.95. The van der Waals surface area contributed by atoms with Gasteiger partial charge in [-0.3, -0.25) is 0 Å². The summed E-state index contributed by atoms with van der Waals surface area (Å²) in [6.45, 7) is 6.05. The minimum Gasteiger partial charge on any atom is -0.449 e. The highest BCUT2D eigenvalue weighted by molar-refractivity contribution is 7.80. The van der Waals surface area contributed by atoms with Crippen molar-refractivity contribution in [3.63, 3.8) is 0 Å². The van der Waals surface area contributed by atoms with Gasteiger partial charge in [0.05, 0.1) is 0 Å². The maximum Gasteiger partial charge on any atom is 0.407 e. The van der Waals surface area contributed by atoms with Crippen LogP contribution in [0, 0.1) is 0 Å². The molecule has 3 nitrogen and oxygen atoms in total. The summed E-state index contributed by atoms with van der Waals surface area (Å²) in [6, 6.07) is 0. The van der Waals surface area contributed by atoms with Gasteiger partial charge in [-0.2, -0.15) is 12.6 Å². The van der Waals surface area contributed by atoms with Gasteiger partial charge in [0.2, 0.25) is 0 Å². The summed E-state index contributed by atoms with van der Waals surface area (Å²) in [4.78, 5) is 10.9. The Morgan fingerprint density at radius 2 is 2.09 bits per heavy atom. The molecule has 0 fully saturated rings. The van der Waals surface area contributed by atoms with E-state index in [0.717, 1.165) is 0 Å². The van der Waals surface area contributed by atoms with Gasteiger partial charge in [-0.25, -0.2) is 4.79 Å². The Morgan fingerprint density at radius 3 is 2.45 bits per heavy atom. The molecule has 4 heteroatoms.